The van der Waals surface area contributed by atoms with Crippen molar-refractivity contribution >= 4 is 35.0 Å². The fourth-order valence-electron chi connectivity index (χ4n) is 1.38. The summed E-state index contributed by atoms with van der Waals surface area (Å²) in [5, 5.41) is 1.13. The van der Waals surface area contributed by atoms with Crippen LogP contribution < -0.4 is 0 Å². The molecule has 0 unspecified atom stereocenters. The molecule has 0 fully saturated rings. The first-order valence-electron chi connectivity index (χ1n) is 3.98. The Balaban J connectivity index is 2.63. The Morgan fingerprint density at radius 1 is 1.07 bits per heavy atom. The van der Waals surface area contributed by atoms with Crippen molar-refractivity contribution in [1.82, 2.24) is 5.06 Å². The number of hydrogen-bond donors (Lipinski definition) is 0. The van der Waals surface area contributed by atoms with Crippen LogP contribution in [0.4, 0.5) is 0 Å². The smallest absolute Gasteiger partial charge is 0.266 e. The molecule has 2 rings (SSSR count). The third-order valence-corrected chi connectivity index (χ3v) is 2.79. The molecular formula is C9H5Cl2NO3. The Bertz CT molecular complexity index is 432. The van der Waals surface area contributed by atoms with Gasteiger partial charge in [-0.25, -0.2) is 0 Å². The number of hydrogen-bond acceptors (Lipinski definition) is 3. The van der Waals surface area contributed by atoms with Crippen LogP contribution in [0.5, 0.6) is 0 Å². The third-order valence-electron chi connectivity index (χ3n) is 2.07. The standard InChI is InChI=1S/C9H5Cl2NO3/c1-15-12-8(13)4-2-6(10)7(11)3-5(4)9(12)14/h2-3H,1H3. The number of carbonyl (C=O) groups is 2. The van der Waals surface area contributed by atoms with Gasteiger partial charge >= 0.3 is 0 Å². The Morgan fingerprint density at radius 2 is 1.47 bits per heavy atom. The molecular weight excluding hydrogens is 241 g/mol. The van der Waals surface area contributed by atoms with Crippen LogP contribution in [0.3, 0.4) is 0 Å². The Hall–Kier alpha value is -1.10. The van der Waals surface area contributed by atoms with Crippen molar-refractivity contribution in [2.24, 2.45) is 0 Å². The summed E-state index contributed by atoms with van der Waals surface area (Å²) in [6, 6.07) is 2.72. The number of halogens is 2. The third kappa shape index (κ3) is 1.42. The minimum Gasteiger partial charge on any atom is -0.266 e. The first-order valence-corrected chi connectivity index (χ1v) is 4.73. The molecule has 0 aromatic heterocycles. The van der Waals surface area contributed by atoms with Gasteiger partial charge < -0.3 is 0 Å². The van der Waals surface area contributed by atoms with Gasteiger partial charge in [0, 0.05) is 0 Å². The molecule has 6 heteroatoms. The van der Waals surface area contributed by atoms with Crippen LogP contribution >= 0.6 is 23.2 Å². The lowest BCUT2D eigenvalue weighted by atomic mass is 10.1. The highest BCUT2D eigenvalue weighted by molar-refractivity contribution is 6.43. The molecule has 0 radical (unpaired) electrons. The number of hydroxylamine groups is 2. The van der Waals surface area contributed by atoms with Gasteiger partial charge in [-0.15, -0.1) is 5.06 Å². The predicted molar refractivity (Wildman–Crippen MR) is 54.0 cm³/mol. The maximum absolute atomic E-state index is 11.6. The second-order valence-corrected chi connectivity index (χ2v) is 3.71. The lowest BCUT2D eigenvalue weighted by Crippen LogP contribution is -2.28. The Morgan fingerprint density at radius 3 is 1.80 bits per heavy atom. The van der Waals surface area contributed by atoms with Gasteiger partial charge in [0.1, 0.15) is 0 Å². The maximum Gasteiger partial charge on any atom is 0.285 e. The van der Waals surface area contributed by atoms with E-state index >= 15 is 0 Å². The fourth-order valence-corrected chi connectivity index (χ4v) is 1.70. The summed E-state index contributed by atoms with van der Waals surface area (Å²) < 4.78 is 0. The molecule has 2 amide bonds. The highest BCUT2D eigenvalue weighted by Gasteiger charge is 2.36. The number of rotatable bonds is 1. The van der Waals surface area contributed by atoms with E-state index in [2.05, 4.69) is 4.84 Å². The molecule has 0 spiro atoms. The van der Waals surface area contributed by atoms with E-state index in [0.717, 1.165) is 0 Å². The molecule has 0 N–H and O–H groups in total. The van der Waals surface area contributed by atoms with Gasteiger partial charge in [-0.3, -0.25) is 14.4 Å². The van der Waals surface area contributed by atoms with Gasteiger partial charge in [0.25, 0.3) is 11.8 Å². The lowest BCUT2D eigenvalue weighted by Gasteiger charge is -2.07. The zero-order valence-electron chi connectivity index (χ0n) is 7.58. The SMILES string of the molecule is CON1C(=O)c2cc(Cl)c(Cl)cc2C1=O. The van der Waals surface area contributed by atoms with Crippen LogP contribution in [0.25, 0.3) is 0 Å². The average molecular weight is 246 g/mol. The van der Waals surface area contributed by atoms with Crippen molar-refractivity contribution in [1.29, 1.82) is 0 Å². The number of amides is 2. The van der Waals surface area contributed by atoms with Crippen molar-refractivity contribution in [2.45, 2.75) is 0 Å². The predicted octanol–water partition coefficient (Wildman–Crippen LogP) is 2.15. The zero-order valence-corrected chi connectivity index (χ0v) is 9.09. The van der Waals surface area contributed by atoms with Crippen molar-refractivity contribution in [3.05, 3.63) is 33.3 Å². The average Bonchev–Trinajstić information content (AvgIpc) is 2.42. The summed E-state index contributed by atoms with van der Waals surface area (Å²) in [6.07, 6.45) is 0. The summed E-state index contributed by atoms with van der Waals surface area (Å²) in [6.45, 7) is 0. The van der Waals surface area contributed by atoms with Crippen LogP contribution in [0.1, 0.15) is 20.7 Å². The van der Waals surface area contributed by atoms with Gasteiger partial charge in [0.05, 0.1) is 28.3 Å². The van der Waals surface area contributed by atoms with Crippen LogP contribution in [0.2, 0.25) is 10.0 Å². The molecule has 0 bridgehead atoms. The molecule has 1 aromatic carbocycles. The van der Waals surface area contributed by atoms with Crippen LogP contribution in [-0.2, 0) is 4.84 Å². The van der Waals surface area contributed by atoms with Crippen molar-refractivity contribution < 1.29 is 14.4 Å². The quantitative estimate of drug-likeness (QED) is 0.713. The summed E-state index contributed by atoms with van der Waals surface area (Å²) in [7, 11) is 1.24. The summed E-state index contributed by atoms with van der Waals surface area (Å²) in [4.78, 5) is 27.8. The van der Waals surface area contributed by atoms with E-state index in [1.165, 1.54) is 19.2 Å². The molecule has 1 heterocycles. The lowest BCUT2D eigenvalue weighted by molar-refractivity contribution is -0.0645. The molecule has 0 aliphatic carbocycles. The van der Waals surface area contributed by atoms with E-state index < -0.39 is 11.8 Å². The maximum atomic E-state index is 11.6. The van der Waals surface area contributed by atoms with Gasteiger partial charge in [-0.05, 0) is 12.1 Å². The molecule has 0 saturated carbocycles. The zero-order chi connectivity index (χ0) is 11.2. The van der Waals surface area contributed by atoms with Gasteiger partial charge in [-0.1, -0.05) is 23.2 Å². The highest BCUT2D eigenvalue weighted by atomic mass is 35.5. The van der Waals surface area contributed by atoms with E-state index in [4.69, 9.17) is 23.2 Å². The second-order valence-electron chi connectivity index (χ2n) is 2.90. The summed E-state index contributed by atoms with van der Waals surface area (Å²) in [5.74, 6) is -1.06. The summed E-state index contributed by atoms with van der Waals surface area (Å²) >= 11 is 11.5. The van der Waals surface area contributed by atoms with Gasteiger partial charge in [-0.2, -0.15) is 0 Å². The van der Waals surface area contributed by atoms with E-state index in [1.54, 1.807) is 0 Å². The minimum atomic E-state index is -0.531. The topological polar surface area (TPSA) is 46.6 Å². The van der Waals surface area contributed by atoms with E-state index in [-0.39, 0.29) is 21.2 Å². The molecule has 78 valence electrons. The first kappa shape index (κ1) is 10.4. The van der Waals surface area contributed by atoms with Crippen LogP contribution in [0, 0.1) is 0 Å². The number of benzene rings is 1. The van der Waals surface area contributed by atoms with Gasteiger partial charge in [0.15, 0.2) is 0 Å². The monoisotopic (exact) mass is 245 g/mol. The highest BCUT2D eigenvalue weighted by Crippen LogP contribution is 2.31. The first-order chi connectivity index (χ1) is 7.06. The Labute approximate surface area is 95.3 Å². The molecule has 1 aliphatic heterocycles. The molecule has 15 heavy (non-hydrogen) atoms. The summed E-state index contributed by atoms with van der Waals surface area (Å²) in [5.41, 5.74) is 0.410. The number of nitrogens with zero attached hydrogens (tertiary/aromatic N) is 1. The number of carbonyl (C=O) groups excluding carboxylic acids is 2. The normalized spacial score (nSPS) is 14.7. The van der Waals surface area contributed by atoms with Crippen molar-refractivity contribution in [3.8, 4) is 0 Å². The van der Waals surface area contributed by atoms with Crippen molar-refractivity contribution in [3.63, 3.8) is 0 Å². The fraction of sp³-hybridized carbons (Fsp3) is 0.111. The van der Waals surface area contributed by atoms with E-state index in [1.807, 2.05) is 0 Å². The molecule has 0 atom stereocenters. The van der Waals surface area contributed by atoms with E-state index in [0.29, 0.717) is 5.06 Å². The molecule has 0 saturated heterocycles. The second kappa shape index (κ2) is 3.48. The largest absolute Gasteiger partial charge is 0.285 e. The molecule has 1 aromatic rings. The molecule has 4 nitrogen and oxygen atoms in total. The number of fused-ring (bicyclic) bond motifs is 1. The van der Waals surface area contributed by atoms with Gasteiger partial charge in [0.2, 0.25) is 0 Å². The van der Waals surface area contributed by atoms with Crippen LogP contribution in [0.15, 0.2) is 12.1 Å². The minimum absolute atomic E-state index is 0.205. The molecule has 1 aliphatic rings. The van der Waals surface area contributed by atoms with E-state index in [9.17, 15) is 9.59 Å². The van der Waals surface area contributed by atoms with Crippen LogP contribution in [-0.4, -0.2) is 24.0 Å². The number of imide groups is 1. The van der Waals surface area contributed by atoms with Crippen molar-refractivity contribution in [2.75, 3.05) is 7.11 Å². The Kier molecular flexibility index (Phi) is 2.42.